The van der Waals surface area contributed by atoms with Crippen LogP contribution in [0.5, 0.6) is 0 Å². The summed E-state index contributed by atoms with van der Waals surface area (Å²) in [5, 5.41) is 10.2. The second-order valence-electron chi connectivity index (χ2n) is 11.0. The maximum absolute atomic E-state index is 15.9. The molecule has 0 aromatic heterocycles. The number of amides is 1. The molecule has 2 aliphatic rings. The van der Waals surface area contributed by atoms with E-state index in [1.807, 2.05) is 0 Å². The first-order chi connectivity index (χ1) is 33.5. The number of aliphatic hydroxyl groups is 1. The van der Waals surface area contributed by atoms with Gasteiger partial charge >= 0.3 is 6.18 Å². The molecular formula is C41H42F5N3O3S. The van der Waals surface area contributed by atoms with Gasteiger partial charge in [0.15, 0.2) is 11.6 Å². The topological polar surface area (TPSA) is 56.3 Å². The number of likely N-dealkylation sites (tertiary alicyclic amines) is 1. The fourth-order valence-corrected chi connectivity index (χ4v) is 5.54. The predicted octanol–water partition coefficient (Wildman–Crippen LogP) is 8.73. The smallest absolute Gasteiger partial charge is 0.384 e. The van der Waals surface area contributed by atoms with Crippen molar-refractivity contribution in [3.8, 4) is 11.1 Å². The number of rotatable bonds is 12. The molecule has 0 bridgehead atoms. The van der Waals surface area contributed by atoms with Crippen molar-refractivity contribution in [2.45, 2.75) is 50.2 Å². The fourth-order valence-electron chi connectivity index (χ4n) is 4.78. The van der Waals surface area contributed by atoms with Crippen LogP contribution in [0, 0.1) is 18.6 Å². The van der Waals surface area contributed by atoms with Crippen LogP contribution in [0.4, 0.5) is 27.6 Å². The highest BCUT2D eigenvalue weighted by atomic mass is 32.2. The molecule has 0 radical (unpaired) electrons. The molecule has 1 saturated heterocycles. The Labute approximate surface area is 340 Å². The lowest BCUT2D eigenvalue weighted by Crippen LogP contribution is -2.50. The van der Waals surface area contributed by atoms with Crippen LogP contribution in [0.25, 0.3) is 11.1 Å². The second kappa shape index (κ2) is 16.8. The summed E-state index contributed by atoms with van der Waals surface area (Å²) in [5.41, 5.74) is -9.17. The molecule has 6 rings (SSSR count). The third-order valence-electron chi connectivity index (χ3n) is 7.36. The number of carbonyl (C=O) groups is 1. The molecule has 2 aliphatic heterocycles. The highest BCUT2D eigenvalue weighted by Gasteiger charge is 2.33. The Bertz CT molecular complexity index is 2880. The van der Waals surface area contributed by atoms with Gasteiger partial charge in [0.2, 0.25) is 5.91 Å². The Kier molecular flexibility index (Phi) is 6.33. The monoisotopic (exact) mass is 772 g/mol. The van der Waals surface area contributed by atoms with Gasteiger partial charge < -0.3 is 24.5 Å². The van der Waals surface area contributed by atoms with Crippen molar-refractivity contribution >= 4 is 23.4 Å². The summed E-state index contributed by atoms with van der Waals surface area (Å²) < 4.78 is 266. The number of carbonyl (C=O) groups excluding carboxylic acids is 1. The van der Waals surface area contributed by atoms with Gasteiger partial charge in [-0.15, -0.1) is 11.8 Å². The molecule has 1 N–H and O–H groups in total. The minimum absolute atomic E-state index is 0.0111. The molecular weight excluding hydrogens is 710 g/mol. The van der Waals surface area contributed by atoms with E-state index in [4.69, 9.17) is 21.2 Å². The lowest BCUT2D eigenvalue weighted by atomic mass is 9.99. The van der Waals surface area contributed by atoms with Crippen molar-refractivity contribution < 1.29 is 65.4 Å². The molecule has 0 aliphatic carbocycles. The molecule has 2 heterocycles. The van der Waals surface area contributed by atoms with Crippen LogP contribution in [0.1, 0.15) is 75.5 Å². The molecule has 1 atom stereocenters. The Morgan fingerprint density at radius 1 is 1.08 bits per heavy atom. The first-order valence-corrected chi connectivity index (χ1v) is 16.2. The third kappa shape index (κ3) is 9.29. The van der Waals surface area contributed by atoms with E-state index in [1.165, 1.54) is 0 Å². The molecule has 6 nitrogen and oxygen atoms in total. The molecule has 280 valence electrons. The summed E-state index contributed by atoms with van der Waals surface area (Å²) in [5.74, 6) is -6.23. The lowest BCUT2D eigenvalue weighted by molar-refractivity contribution is -0.137. The van der Waals surface area contributed by atoms with Crippen molar-refractivity contribution in [3.05, 3.63) is 135 Å². The van der Waals surface area contributed by atoms with Crippen molar-refractivity contribution in [2.75, 3.05) is 44.6 Å². The van der Waals surface area contributed by atoms with E-state index in [0.717, 1.165) is 56.5 Å². The highest BCUT2D eigenvalue weighted by Crippen LogP contribution is 2.41. The normalized spacial score (nSPS) is 28.2. The number of methoxy groups -OCH3 is 1. The largest absolute Gasteiger partial charge is 0.416 e. The Morgan fingerprint density at radius 2 is 1.75 bits per heavy atom. The quantitative estimate of drug-likeness (QED) is 0.146. The third-order valence-corrected chi connectivity index (χ3v) is 8.18. The Morgan fingerprint density at radius 3 is 2.42 bits per heavy atom. The van der Waals surface area contributed by atoms with E-state index in [2.05, 4.69) is 0 Å². The number of aliphatic hydroxyl groups excluding tert-OH is 1. The minimum atomic E-state index is -4.89. The van der Waals surface area contributed by atoms with Crippen LogP contribution in [0.2, 0.25) is 0 Å². The van der Waals surface area contributed by atoms with Crippen LogP contribution in [-0.2, 0) is 27.9 Å². The Hall–Kier alpha value is -4.23. The average Bonchev–Trinajstić information content (AvgIpc) is 3.28. The van der Waals surface area contributed by atoms with Gasteiger partial charge in [-0.2, -0.15) is 13.2 Å². The van der Waals surface area contributed by atoms with E-state index in [9.17, 15) is 35.0 Å². The predicted molar refractivity (Wildman–Crippen MR) is 198 cm³/mol. The molecule has 4 aromatic carbocycles. The zero-order chi connectivity index (χ0) is 56.4. The van der Waals surface area contributed by atoms with Gasteiger partial charge in [-0.3, -0.25) is 4.79 Å². The van der Waals surface area contributed by atoms with Gasteiger partial charge in [-0.1, -0.05) is 66.2 Å². The van der Waals surface area contributed by atoms with Gasteiger partial charge in [0.1, 0.15) is 12.6 Å². The summed E-state index contributed by atoms with van der Waals surface area (Å²) in [6.07, 6.45) is -16.6. The minimum Gasteiger partial charge on any atom is -0.384 e. The maximum Gasteiger partial charge on any atom is 0.416 e. The number of hydrogen-bond donors (Lipinski definition) is 1. The van der Waals surface area contributed by atoms with Gasteiger partial charge in [-0.25, -0.2) is 8.78 Å². The van der Waals surface area contributed by atoms with E-state index >= 15 is 9.18 Å². The molecule has 53 heavy (non-hydrogen) atoms. The number of anilines is 1. The molecule has 1 unspecified atom stereocenters. The van der Waals surface area contributed by atoms with E-state index in [0.29, 0.717) is 24.3 Å². The number of hydrogen-bond acceptors (Lipinski definition) is 6. The van der Waals surface area contributed by atoms with Crippen molar-refractivity contribution in [3.63, 3.8) is 0 Å². The maximum atomic E-state index is 15.9. The molecule has 4 aromatic rings. The van der Waals surface area contributed by atoms with Gasteiger partial charge in [0.25, 0.3) is 0 Å². The van der Waals surface area contributed by atoms with Crippen LogP contribution in [-0.4, -0.2) is 66.5 Å². The standard InChI is InChI=1S/C41H42F5N3O3S/c1-27-6-15-36-34(22-27)37(50)23-39(53-26-31-4-3-5-35(42)40(31)43)49(36)25-38(51)48(33-16-18-47(19-17-33)20-21-52-2)24-28-7-9-29(10-8-28)30-11-13-32(14-12-30)41(44,45)46/h3-15,22-23,33,37,50H,16-21,24-26H2,1-2H3/i6D,15D,16D2,17D2,18D2,19D2,20D2,22D,23D,24D2,25D2,26D2,33D. The zero-order valence-corrected chi connectivity index (χ0v) is 28.4. The molecule has 1 fully saturated rings. The molecule has 12 heteroatoms. The first kappa shape index (κ1) is 19.9. The highest BCUT2D eigenvalue weighted by molar-refractivity contribution is 8.02. The number of fused-ring (bicyclic) bond motifs is 1. The molecule has 0 spiro atoms. The van der Waals surface area contributed by atoms with Crippen LogP contribution >= 0.6 is 11.8 Å². The van der Waals surface area contributed by atoms with Gasteiger partial charge in [0, 0.05) is 78.1 Å². The van der Waals surface area contributed by atoms with Crippen molar-refractivity contribution in [2.24, 2.45) is 0 Å². The number of alkyl halides is 3. The number of ether oxygens (including phenoxy) is 1. The van der Waals surface area contributed by atoms with E-state index in [-0.39, 0.29) is 16.0 Å². The van der Waals surface area contributed by atoms with Crippen molar-refractivity contribution in [1.29, 1.82) is 0 Å². The molecule has 1 amide bonds. The average molecular weight is 773 g/mol. The number of halogens is 5. The van der Waals surface area contributed by atoms with Gasteiger partial charge in [-0.05, 0) is 66.7 Å². The van der Waals surface area contributed by atoms with Crippen LogP contribution in [0.15, 0.2) is 95.9 Å². The van der Waals surface area contributed by atoms with Crippen molar-refractivity contribution in [1.82, 2.24) is 9.80 Å². The first-order valence-electron chi connectivity index (χ1n) is 25.8. The summed E-state index contributed by atoms with van der Waals surface area (Å²) in [4.78, 5) is 14.1. The molecule has 0 saturated carbocycles. The number of thioether (sulfide) groups is 1. The Balaban J connectivity index is 1.71. The van der Waals surface area contributed by atoms with Gasteiger partial charge in [0.05, 0.1) is 29.5 Å². The second-order valence-corrected chi connectivity index (χ2v) is 11.8. The lowest BCUT2D eigenvalue weighted by Gasteiger charge is -2.40. The van der Waals surface area contributed by atoms with E-state index < -0.39 is 178 Å². The number of piperidine rings is 1. The SMILES string of the molecule is [2H]C1=C(SC([2H])([2H])c2cccc(F)c2F)N(C([2H])([2H])C(=O)N(C([2H])([2H])c2ccc(-c3ccc(C(F)(F)F)cc3)cc2)C2([2H])C([2H])([2H])C([2H])([2H])N(C([2H])([2H])COC)C([2H])([2H])C2([2H])[2H])c2c([2H])c([2H])c(C)c([2H])c2C1O. The summed E-state index contributed by atoms with van der Waals surface area (Å²) in [6.45, 7) is -21.4. The number of benzene rings is 4. The number of nitrogens with zero attached hydrogens (tertiary/aromatic N) is 3. The van der Waals surface area contributed by atoms with Crippen LogP contribution in [0.3, 0.4) is 0 Å². The summed E-state index contributed by atoms with van der Waals surface area (Å²) >= 11 is -0.453. The fraction of sp³-hybridized carbons (Fsp3) is 0.341. The summed E-state index contributed by atoms with van der Waals surface area (Å²) in [7, 11) is 0.850. The zero-order valence-electron chi connectivity index (χ0n) is 48.5. The van der Waals surface area contributed by atoms with E-state index in [1.54, 1.807) is 0 Å². The summed E-state index contributed by atoms with van der Waals surface area (Å²) in [6, 6.07) is -0.320. The van der Waals surface area contributed by atoms with Crippen LogP contribution < -0.4 is 4.90 Å².